The van der Waals surface area contributed by atoms with Gasteiger partial charge in [-0.1, -0.05) is 12.8 Å². The molecule has 21 heavy (non-hydrogen) atoms. The number of hydrogen-bond acceptors (Lipinski definition) is 2. The Bertz CT molecular complexity index is 535. The van der Waals surface area contributed by atoms with E-state index in [-0.39, 0.29) is 11.5 Å². The van der Waals surface area contributed by atoms with Crippen LogP contribution in [0.15, 0.2) is 24.3 Å². The molecule has 1 amide bonds. The molecular formula is C17H21NO3. The van der Waals surface area contributed by atoms with E-state index in [0.717, 1.165) is 19.4 Å². The maximum atomic E-state index is 12.7. The smallest absolute Gasteiger partial charge is 0.335 e. The molecule has 4 heteroatoms. The summed E-state index contributed by atoms with van der Waals surface area (Å²) in [6, 6.07) is 6.69. The Morgan fingerprint density at radius 1 is 0.952 bits per heavy atom. The summed E-state index contributed by atoms with van der Waals surface area (Å²) < 4.78 is 0. The van der Waals surface area contributed by atoms with Crippen molar-refractivity contribution in [1.29, 1.82) is 0 Å². The average molecular weight is 287 g/mol. The number of aromatic carboxylic acids is 1. The SMILES string of the molecule is O=C(O)c1ccc(C(=O)N2CCC[C@@H]3CCCC[C@H]32)cc1. The van der Waals surface area contributed by atoms with Crippen LogP contribution in [0.25, 0.3) is 0 Å². The van der Waals surface area contributed by atoms with Gasteiger partial charge in [0, 0.05) is 18.2 Å². The minimum atomic E-state index is -0.959. The van der Waals surface area contributed by atoms with Crippen LogP contribution in [0.5, 0.6) is 0 Å². The minimum Gasteiger partial charge on any atom is -0.478 e. The highest BCUT2D eigenvalue weighted by Crippen LogP contribution is 2.35. The summed E-state index contributed by atoms with van der Waals surface area (Å²) in [6.45, 7) is 0.834. The molecule has 1 aromatic carbocycles. The number of likely N-dealkylation sites (tertiary alicyclic amines) is 1. The number of carboxylic acid groups (broad SMARTS) is 1. The van der Waals surface area contributed by atoms with Crippen LogP contribution in [0.2, 0.25) is 0 Å². The van der Waals surface area contributed by atoms with Crippen molar-refractivity contribution in [3.8, 4) is 0 Å². The summed E-state index contributed by atoms with van der Waals surface area (Å²) in [5, 5.41) is 8.92. The van der Waals surface area contributed by atoms with Crippen LogP contribution in [0.1, 0.15) is 59.2 Å². The van der Waals surface area contributed by atoms with Gasteiger partial charge >= 0.3 is 5.97 Å². The lowest BCUT2D eigenvalue weighted by atomic mass is 9.78. The van der Waals surface area contributed by atoms with Gasteiger partial charge in [0.05, 0.1) is 5.56 Å². The predicted octanol–water partition coefficient (Wildman–Crippen LogP) is 3.18. The van der Waals surface area contributed by atoms with Gasteiger partial charge < -0.3 is 10.0 Å². The molecular weight excluding hydrogens is 266 g/mol. The quantitative estimate of drug-likeness (QED) is 0.909. The Balaban J connectivity index is 1.78. The van der Waals surface area contributed by atoms with E-state index in [9.17, 15) is 9.59 Å². The molecule has 1 aliphatic carbocycles. The van der Waals surface area contributed by atoms with Crippen LogP contribution in [0, 0.1) is 5.92 Å². The molecule has 0 spiro atoms. The first kappa shape index (κ1) is 14.1. The first-order valence-electron chi connectivity index (χ1n) is 7.81. The monoisotopic (exact) mass is 287 g/mol. The third-order valence-corrected chi connectivity index (χ3v) is 4.88. The lowest BCUT2D eigenvalue weighted by Gasteiger charge is -2.44. The minimum absolute atomic E-state index is 0.0588. The van der Waals surface area contributed by atoms with Gasteiger partial charge in [-0.2, -0.15) is 0 Å². The molecule has 1 heterocycles. The number of amides is 1. The van der Waals surface area contributed by atoms with Crippen LogP contribution < -0.4 is 0 Å². The van der Waals surface area contributed by atoms with Crippen molar-refractivity contribution in [3.05, 3.63) is 35.4 Å². The molecule has 0 unspecified atom stereocenters. The molecule has 112 valence electrons. The zero-order chi connectivity index (χ0) is 14.8. The molecule has 3 rings (SSSR count). The van der Waals surface area contributed by atoms with Gasteiger partial charge in [-0.05, 0) is 55.9 Å². The van der Waals surface area contributed by atoms with E-state index in [0.29, 0.717) is 17.5 Å². The van der Waals surface area contributed by atoms with Gasteiger partial charge in [0.1, 0.15) is 0 Å². The number of piperidine rings is 1. The number of carbonyl (C=O) groups excluding carboxylic acids is 1. The lowest BCUT2D eigenvalue weighted by Crippen LogP contribution is -2.49. The first-order valence-corrected chi connectivity index (χ1v) is 7.81. The van der Waals surface area contributed by atoms with Crippen LogP contribution in [0.4, 0.5) is 0 Å². The summed E-state index contributed by atoms with van der Waals surface area (Å²) in [4.78, 5) is 25.6. The van der Waals surface area contributed by atoms with E-state index >= 15 is 0 Å². The normalized spacial score (nSPS) is 25.2. The van der Waals surface area contributed by atoms with Gasteiger partial charge in [0.25, 0.3) is 5.91 Å². The van der Waals surface area contributed by atoms with E-state index in [1.165, 1.54) is 37.8 Å². The Labute approximate surface area is 124 Å². The Morgan fingerprint density at radius 2 is 1.57 bits per heavy atom. The molecule has 2 fully saturated rings. The Morgan fingerprint density at radius 3 is 2.29 bits per heavy atom. The average Bonchev–Trinajstić information content (AvgIpc) is 2.53. The maximum absolute atomic E-state index is 12.7. The number of nitrogens with zero attached hydrogens (tertiary/aromatic N) is 1. The molecule has 0 bridgehead atoms. The summed E-state index contributed by atoms with van der Waals surface area (Å²) in [5.74, 6) is -0.238. The zero-order valence-electron chi connectivity index (χ0n) is 12.1. The molecule has 1 aliphatic heterocycles. The second-order valence-electron chi connectivity index (χ2n) is 6.14. The van der Waals surface area contributed by atoms with E-state index in [1.807, 2.05) is 4.90 Å². The van der Waals surface area contributed by atoms with Crippen molar-refractivity contribution in [2.45, 2.75) is 44.6 Å². The van der Waals surface area contributed by atoms with Crippen LogP contribution in [-0.4, -0.2) is 34.5 Å². The zero-order valence-corrected chi connectivity index (χ0v) is 12.1. The molecule has 2 atom stereocenters. The third kappa shape index (κ3) is 2.80. The molecule has 0 radical (unpaired) electrons. The van der Waals surface area contributed by atoms with Gasteiger partial charge in [-0.3, -0.25) is 4.79 Å². The number of fused-ring (bicyclic) bond motifs is 1. The van der Waals surface area contributed by atoms with Gasteiger partial charge in [-0.25, -0.2) is 4.79 Å². The Kier molecular flexibility index (Phi) is 3.95. The first-order chi connectivity index (χ1) is 10.2. The molecule has 4 nitrogen and oxygen atoms in total. The van der Waals surface area contributed by atoms with Gasteiger partial charge in [0.15, 0.2) is 0 Å². The van der Waals surface area contributed by atoms with E-state index in [4.69, 9.17) is 5.11 Å². The summed E-state index contributed by atoms with van der Waals surface area (Å²) in [6.07, 6.45) is 7.18. The van der Waals surface area contributed by atoms with Gasteiger partial charge in [-0.15, -0.1) is 0 Å². The number of carboxylic acids is 1. The maximum Gasteiger partial charge on any atom is 0.335 e. The van der Waals surface area contributed by atoms with Crippen molar-refractivity contribution < 1.29 is 14.7 Å². The topological polar surface area (TPSA) is 57.6 Å². The van der Waals surface area contributed by atoms with Crippen LogP contribution >= 0.6 is 0 Å². The highest BCUT2D eigenvalue weighted by Gasteiger charge is 2.35. The van der Waals surface area contributed by atoms with Crippen molar-refractivity contribution in [2.24, 2.45) is 5.92 Å². The second kappa shape index (κ2) is 5.88. The highest BCUT2D eigenvalue weighted by atomic mass is 16.4. The molecule has 1 N–H and O–H groups in total. The number of rotatable bonds is 2. The summed E-state index contributed by atoms with van der Waals surface area (Å²) >= 11 is 0. The number of hydrogen-bond donors (Lipinski definition) is 1. The van der Waals surface area contributed by atoms with Crippen molar-refractivity contribution in [1.82, 2.24) is 4.90 Å². The molecule has 0 aromatic heterocycles. The fourth-order valence-corrected chi connectivity index (χ4v) is 3.80. The highest BCUT2D eigenvalue weighted by molar-refractivity contribution is 5.96. The fraction of sp³-hybridized carbons (Fsp3) is 0.529. The number of carbonyl (C=O) groups is 2. The molecule has 1 saturated carbocycles. The summed E-state index contributed by atoms with van der Waals surface area (Å²) in [5.41, 5.74) is 0.826. The van der Waals surface area contributed by atoms with E-state index < -0.39 is 5.97 Å². The van der Waals surface area contributed by atoms with Crippen molar-refractivity contribution in [2.75, 3.05) is 6.54 Å². The van der Waals surface area contributed by atoms with Crippen LogP contribution in [-0.2, 0) is 0 Å². The molecule has 1 saturated heterocycles. The molecule has 1 aromatic rings. The largest absolute Gasteiger partial charge is 0.478 e. The third-order valence-electron chi connectivity index (χ3n) is 4.88. The predicted molar refractivity (Wildman–Crippen MR) is 79.4 cm³/mol. The standard InChI is InChI=1S/C17H21NO3/c19-16(13-7-9-14(10-8-13)17(20)21)18-11-3-5-12-4-1-2-6-15(12)18/h7-10,12,15H,1-6,11H2,(H,20,21)/t12-,15+/m0/s1. The second-order valence-corrected chi connectivity index (χ2v) is 6.14. The van der Waals surface area contributed by atoms with Crippen molar-refractivity contribution >= 4 is 11.9 Å². The fourth-order valence-electron chi connectivity index (χ4n) is 3.80. The lowest BCUT2D eigenvalue weighted by molar-refractivity contribution is 0.0390. The van der Waals surface area contributed by atoms with Crippen molar-refractivity contribution in [3.63, 3.8) is 0 Å². The number of benzene rings is 1. The summed E-state index contributed by atoms with van der Waals surface area (Å²) in [7, 11) is 0. The Hall–Kier alpha value is -1.84. The van der Waals surface area contributed by atoms with Crippen LogP contribution in [0.3, 0.4) is 0 Å². The van der Waals surface area contributed by atoms with Gasteiger partial charge in [0.2, 0.25) is 0 Å². The molecule has 2 aliphatic rings. The van der Waals surface area contributed by atoms with E-state index in [2.05, 4.69) is 0 Å². The van der Waals surface area contributed by atoms with E-state index in [1.54, 1.807) is 12.1 Å².